The Kier molecular flexibility index (Phi) is 6.32. The number of nitrogens with one attached hydrogen (secondary N) is 1. The zero-order valence-electron chi connectivity index (χ0n) is 14.9. The molecule has 1 heterocycles. The van der Waals surface area contributed by atoms with Gasteiger partial charge in [0.2, 0.25) is 5.91 Å². The van der Waals surface area contributed by atoms with E-state index in [4.69, 9.17) is 16.3 Å². The van der Waals surface area contributed by atoms with Crippen molar-refractivity contribution in [3.05, 3.63) is 65.2 Å². The summed E-state index contributed by atoms with van der Waals surface area (Å²) in [6.07, 6.45) is 0. The van der Waals surface area contributed by atoms with E-state index in [9.17, 15) is 4.79 Å². The molecule has 0 atom stereocenters. The summed E-state index contributed by atoms with van der Waals surface area (Å²) in [7, 11) is 1.58. The van der Waals surface area contributed by atoms with Crippen molar-refractivity contribution in [3.63, 3.8) is 0 Å². The molecule has 0 aliphatic carbocycles. The molecule has 0 unspecified atom stereocenters. The zero-order chi connectivity index (χ0) is 19.2. The maximum Gasteiger partial charge on any atom is 0.234 e. The van der Waals surface area contributed by atoms with Crippen molar-refractivity contribution in [2.75, 3.05) is 18.2 Å². The van der Waals surface area contributed by atoms with Crippen LogP contribution in [-0.2, 0) is 4.79 Å². The van der Waals surface area contributed by atoms with Crippen LogP contribution in [0.25, 0.3) is 11.3 Å². The van der Waals surface area contributed by atoms with Crippen molar-refractivity contribution in [2.45, 2.75) is 11.9 Å². The standard InChI is InChI=1S/C20H18ClN3O2S/c1-13-3-9-18(26-2)17(11-13)22-19(25)12-27-20-10-8-16(23-24-20)14-4-6-15(21)7-5-14/h3-11H,12H2,1-2H3,(H,22,25). The van der Waals surface area contributed by atoms with E-state index in [2.05, 4.69) is 15.5 Å². The summed E-state index contributed by atoms with van der Waals surface area (Å²) >= 11 is 7.22. The number of halogens is 1. The summed E-state index contributed by atoms with van der Waals surface area (Å²) < 4.78 is 5.27. The molecule has 0 saturated heterocycles. The van der Waals surface area contributed by atoms with Gasteiger partial charge in [-0.05, 0) is 48.9 Å². The lowest BCUT2D eigenvalue weighted by Gasteiger charge is -2.10. The number of hydrogen-bond acceptors (Lipinski definition) is 5. The number of hydrogen-bond donors (Lipinski definition) is 1. The SMILES string of the molecule is COc1ccc(C)cc1NC(=O)CSc1ccc(-c2ccc(Cl)cc2)nn1. The van der Waals surface area contributed by atoms with Gasteiger partial charge in [0.25, 0.3) is 0 Å². The van der Waals surface area contributed by atoms with Crippen LogP contribution < -0.4 is 10.1 Å². The fourth-order valence-corrected chi connectivity index (χ4v) is 3.16. The van der Waals surface area contributed by atoms with Gasteiger partial charge in [0.1, 0.15) is 10.8 Å². The van der Waals surface area contributed by atoms with Crippen LogP contribution in [0.4, 0.5) is 5.69 Å². The van der Waals surface area contributed by atoms with E-state index >= 15 is 0 Å². The molecule has 2 aromatic carbocycles. The molecular formula is C20H18ClN3O2S. The molecule has 0 bridgehead atoms. The van der Waals surface area contributed by atoms with E-state index in [1.165, 1.54) is 11.8 Å². The second-order valence-corrected chi connectivity index (χ2v) is 7.24. The van der Waals surface area contributed by atoms with Gasteiger partial charge in [-0.2, -0.15) is 0 Å². The van der Waals surface area contributed by atoms with Crippen molar-refractivity contribution >= 4 is 35.0 Å². The molecule has 3 aromatic rings. The highest BCUT2D eigenvalue weighted by atomic mass is 35.5. The van der Waals surface area contributed by atoms with Crippen LogP contribution in [0, 0.1) is 6.92 Å². The molecule has 0 saturated carbocycles. The highest BCUT2D eigenvalue weighted by Gasteiger charge is 2.09. The van der Waals surface area contributed by atoms with Crippen LogP contribution in [0.2, 0.25) is 5.02 Å². The third kappa shape index (κ3) is 5.21. The molecule has 0 spiro atoms. The van der Waals surface area contributed by atoms with Crippen molar-refractivity contribution < 1.29 is 9.53 Å². The number of aromatic nitrogens is 2. The first kappa shape index (κ1) is 19.2. The van der Waals surface area contributed by atoms with Crippen LogP contribution >= 0.6 is 23.4 Å². The number of amides is 1. The average Bonchev–Trinajstić information content (AvgIpc) is 2.68. The normalized spacial score (nSPS) is 10.5. The van der Waals surface area contributed by atoms with Gasteiger partial charge < -0.3 is 10.1 Å². The molecule has 138 valence electrons. The molecule has 5 nitrogen and oxygen atoms in total. The van der Waals surface area contributed by atoms with Gasteiger partial charge in [0.15, 0.2) is 0 Å². The van der Waals surface area contributed by atoms with Crippen molar-refractivity contribution in [2.24, 2.45) is 0 Å². The number of thioether (sulfide) groups is 1. The fourth-order valence-electron chi connectivity index (χ4n) is 2.42. The molecule has 1 N–H and O–H groups in total. The van der Waals surface area contributed by atoms with Crippen LogP contribution in [0.15, 0.2) is 59.6 Å². The molecule has 0 aliphatic heterocycles. The highest BCUT2D eigenvalue weighted by molar-refractivity contribution is 7.99. The van der Waals surface area contributed by atoms with E-state index in [0.717, 1.165) is 16.8 Å². The van der Waals surface area contributed by atoms with Gasteiger partial charge in [-0.25, -0.2) is 0 Å². The second-order valence-electron chi connectivity index (χ2n) is 5.80. The Morgan fingerprint density at radius 1 is 1.11 bits per heavy atom. The molecule has 0 radical (unpaired) electrons. The Morgan fingerprint density at radius 2 is 1.89 bits per heavy atom. The minimum absolute atomic E-state index is 0.132. The Morgan fingerprint density at radius 3 is 2.56 bits per heavy atom. The molecule has 1 amide bonds. The Hall–Kier alpha value is -2.57. The number of carbonyl (C=O) groups is 1. The monoisotopic (exact) mass is 399 g/mol. The third-order valence-electron chi connectivity index (χ3n) is 3.76. The van der Waals surface area contributed by atoms with E-state index < -0.39 is 0 Å². The minimum Gasteiger partial charge on any atom is -0.495 e. The van der Waals surface area contributed by atoms with E-state index in [-0.39, 0.29) is 11.7 Å². The lowest BCUT2D eigenvalue weighted by atomic mass is 10.1. The summed E-state index contributed by atoms with van der Waals surface area (Å²) in [6.45, 7) is 1.96. The highest BCUT2D eigenvalue weighted by Crippen LogP contribution is 2.26. The van der Waals surface area contributed by atoms with Gasteiger partial charge in [-0.3, -0.25) is 4.79 Å². The Labute approximate surface area is 167 Å². The number of carbonyl (C=O) groups excluding carboxylic acids is 1. The Bertz CT molecular complexity index is 931. The van der Waals surface area contributed by atoms with Crippen LogP contribution in [-0.4, -0.2) is 29.0 Å². The largest absolute Gasteiger partial charge is 0.495 e. The number of rotatable bonds is 6. The topological polar surface area (TPSA) is 64.1 Å². The number of benzene rings is 2. The van der Waals surface area contributed by atoms with Crippen molar-refractivity contribution in [1.29, 1.82) is 0 Å². The Balaban J connectivity index is 1.59. The zero-order valence-corrected chi connectivity index (χ0v) is 16.5. The fraction of sp³-hybridized carbons (Fsp3) is 0.150. The summed E-state index contributed by atoms with van der Waals surface area (Å²) in [5, 5.41) is 12.6. The van der Waals surface area contributed by atoms with E-state index in [0.29, 0.717) is 21.5 Å². The summed E-state index contributed by atoms with van der Waals surface area (Å²) in [6, 6.07) is 16.8. The first-order chi connectivity index (χ1) is 13.0. The number of nitrogens with zero attached hydrogens (tertiary/aromatic N) is 2. The summed E-state index contributed by atoms with van der Waals surface area (Å²) in [5.41, 5.74) is 3.40. The van der Waals surface area contributed by atoms with Crippen molar-refractivity contribution in [3.8, 4) is 17.0 Å². The second kappa shape index (κ2) is 8.88. The van der Waals surface area contributed by atoms with Gasteiger partial charge >= 0.3 is 0 Å². The van der Waals surface area contributed by atoms with Crippen molar-refractivity contribution in [1.82, 2.24) is 10.2 Å². The first-order valence-corrected chi connectivity index (χ1v) is 9.58. The molecule has 27 heavy (non-hydrogen) atoms. The predicted molar refractivity (Wildman–Crippen MR) is 110 cm³/mol. The number of anilines is 1. The lowest BCUT2D eigenvalue weighted by molar-refractivity contribution is -0.113. The van der Waals surface area contributed by atoms with Gasteiger partial charge in [-0.15, -0.1) is 10.2 Å². The first-order valence-electron chi connectivity index (χ1n) is 8.22. The molecule has 0 aliphatic rings. The molecule has 0 fully saturated rings. The predicted octanol–water partition coefficient (Wildman–Crippen LogP) is 4.84. The maximum atomic E-state index is 12.2. The molecular weight excluding hydrogens is 382 g/mol. The van der Waals surface area contributed by atoms with E-state index in [1.54, 1.807) is 7.11 Å². The maximum absolute atomic E-state index is 12.2. The molecule has 3 rings (SSSR count). The summed E-state index contributed by atoms with van der Waals surface area (Å²) in [5.74, 6) is 0.727. The van der Waals surface area contributed by atoms with Crippen LogP contribution in [0.5, 0.6) is 5.75 Å². The van der Waals surface area contributed by atoms with Gasteiger partial charge in [0.05, 0.1) is 24.2 Å². The lowest BCUT2D eigenvalue weighted by Crippen LogP contribution is -2.15. The van der Waals surface area contributed by atoms with Gasteiger partial charge in [0, 0.05) is 10.6 Å². The third-order valence-corrected chi connectivity index (χ3v) is 4.93. The number of methoxy groups -OCH3 is 1. The quantitative estimate of drug-likeness (QED) is 0.600. The van der Waals surface area contributed by atoms with Crippen LogP contribution in [0.1, 0.15) is 5.56 Å². The molecule has 7 heteroatoms. The number of ether oxygens (including phenoxy) is 1. The minimum atomic E-state index is -0.132. The smallest absolute Gasteiger partial charge is 0.234 e. The van der Waals surface area contributed by atoms with Crippen LogP contribution in [0.3, 0.4) is 0 Å². The average molecular weight is 400 g/mol. The summed E-state index contributed by atoms with van der Waals surface area (Å²) in [4.78, 5) is 12.2. The van der Waals surface area contributed by atoms with E-state index in [1.807, 2.05) is 61.5 Å². The van der Waals surface area contributed by atoms with Gasteiger partial charge in [-0.1, -0.05) is 41.6 Å². The molecule has 1 aromatic heterocycles. The number of aryl methyl sites for hydroxylation is 1.